The fraction of sp³-hybridized carbons (Fsp3) is 0.529. The third-order valence-corrected chi connectivity index (χ3v) is 12.5. The van der Waals surface area contributed by atoms with E-state index < -0.39 is 45.4 Å². The van der Waals surface area contributed by atoms with Crippen molar-refractivity contribution < 1.29 is 29.0 Å². The summed E-state index contributed by atoms with van der Waals surface area (Å²) in [4.78, 5) is 53.9. The Morgan fingerprint density at radius 1 is 1.04 bits per heavy atom. The van der Waals surface area contributed by atoms with Gasteiger partial charge in [-0.15, -0.1) is 0 Å². The molecule has 0 saturated carbocycles. The van der Waals surface area contributed by atoms with Crippen LogP contribution in [0.25, 0.3) is 0 Å². The van der Waals surface area contributed by atoms with Crippen molar-refractivity contribution in [2.24, 2.45) is 11.7 Å². The number of nitrogens with two attached hydrogens (primary N) is 1. The summed E-state index contributed by atoms with van der Waals surface area (Å²) in [5, 5.41) is 18.8. The highest BCUT2D eigenvalue weighted by Gasteiger charge is 2.44. The van der Waals surface area contributed by atoms with Gasteiger partial charge in [-0.25, -0.2) is 4.79 Å². The summed E-state index contributed by atoms with van der Waals surface area (Å²) in [6, 6.07) is 10.1. The Morgan fingerprint density at radius 2 is 1.65 bits per heavy atom. The van der Waals surface area contributed by atoms with E-state index in [9.17, 15) is 24.3 Å². The number of esters is 1. The molecule has 1 fully saturated rings. The third kappa shape index (κ3) is 9.89. The fourth-order valence-electron chi connectivity index (χ4n) is 5.50. The van der Waals surface area contributed by atoms with Gasteiger partial charge in [0.25, 0.3) is 0 Å². The van der Waals surface area contributed by atoms with Crippen molar-refractivity contribution in [1.82, 2.24) is 16.0 Å². The number of amides is 3. The summed E-state index contributed by atoms with van der Waals surface area (Å²) in [5.41, 5.74) is 9.88. The number of carbonyl (C=O) groups excluding carboxylic acids is 4. The van der Waals surface area contributed by atoms with Crippen LogP contribution in [-0.4, -0.2) is 70.1 Å². The zero-order valence-corrected chi connectivity index (χ0v) is 29.4. The second-order valence-electron chi connectivity index (χ2n) is 13.0. The molecule has 3 rings (SSSR count). The normalized spacial score (nSPS) is 22.8. The van der Waals surface area contributed by atoms with Gasteiger partial charge in [-0.05, 0) is 102 Å². The van der Waals surface area contributed by atoms with Gasteiger partial charge in [0.15, 0.2) is 0 Å². The minimum atomic E-state index is -0.966. The van der Waals surface area contributed by atoms with Crippen LogP contribution in [0.4, 0.5) is 0 Å². The van der Waals surface area contributed by atoms with Crippen LogP contribution >= 0.6 is 21.6 Å². The van der Waals surface area contributed by atoms with Crippen molar-refractivity contribution in [2.75, 3.05) is 13.7 Å². The van der Waals surface area contributed by atoms with Gasteiger partial charge >= 0.3 is 5.97 Å². The zero-order valence-electron chi connectivity index (χ0n) is 27.8. The van der Waals surface area contributed by atoms with Crippen molar-refractivity contribution in [3.05, 3.63) is 64.7 Å². The minimum Gasteiger partial charge on any atom is -0.508 e. The molecular formula is C34H48N4O6S2. The number of carbonyl (C=O) groups is 4. The second kappa shape index (κ2) is 16.1. The van der Waals surface area contributed by atoms with Gasteiger partial charge in [0.1, 0.15) is 17.8 Å². The van der Waals surface area contributed by atoms with E-state index in [1.54, 1.807) is 12.1 Å². The highest BCUT2D eigenvalue weighted by Crippen LogP contribution is 2.47. The van der Waals surface area contributed by atoms with E-state index >= 15 is 0 Å². The van der Waals surface area contributed by atoms with E-state index in [-0.39, 0.29) is 24.0 Å². The van der Waals surface area contributed by atoms with Gasteiger partial charge in [0.05, 0.1) is 17.9 Å². The van der Waals surface area contributed by atoms with E-state index in [2.05, 4.69) is 16.0 Å². The maximum Gasteiger partial charge on any atom is 0.329 e. The average Bonchev–Trinajstić information content (AvgIpc) is 3.00. The molecule has 0 radical (unpaired) electrons. The molecule has 0 aromatic heterocycles. The molecule has 1 aliphatic rings. The summed E-state index contributed by atoms with van der Waals surface area (Å²) in [7, 11) is 3.96. The molecule has 46 heavy (non-hydrogen) atoms. The van der Waals surface area contributed by atoms with Crippen molar-refractivity contribution >= 4 is 45.3 Å². The molecule has 2 aromatic carbocycles. The van der Waals surface area contributed by atoms with Gasteiger partial charge in [-0.1, -0.05) is 51.9 Å². The Labute approximate surface area is 280 Å². The van der Waals surface area contributed by atoms with Gasteiger partial charge in [0.2, 0.25) is 17.7 Å². The van der Waals surface area contributed by atoms with Crippen LogP contribution < -0.4 is 21.7 Å². The first-order chi connectivity index (χ1) is 21.6. The Morgan fingerprint density at radius 3 is 2.26 bits per heavy atom. The minimum absolute atomic E-state index is 0.146. The summed E-state index contributed by atoms with van der Waals surface area (Å²) in [6.07, 6.45) is 1.68. The number of benzene rings is 2. The Hall–Kier alpha value is -3.22. The molecule has 10 nitrogen and oxygen atoms in total. The van der Waals surface area contributed by atoms with E-state index in [1.165, 1.54) is 28.7 Å². The predicted molar refractivity (Wildman–Crippen MR) is 184 cm³/mol. The second-order valence-corrected chi connectivity index (χ2v) is 16.4. The molecule has 0 aliphatic carbocycles. The first-order valence-corrected chi connectivity index (χ1v) is 17.6. The lowest BCUT2D eigenvalue weighted by Gasteiger charge is -2.38. The third-order valence-electron chi connectivity index (χ3n) is 8.30. The monoisotopic (exact) mass is 672 g/mol. The van der Waals surface area contributed by atoms with Crippen molar-refractivity contribution in [2.45, 2.75) is 94.8 Å². The molecule has 6 N–H and O–H groups in total. The first kappa shape index (κ1) is 37.2. The molecule has 1 saturated heterocycles. The van der Waals surface area contributed by atoms with Crippen LogP contribution in [0.3, 0.4) is 0 Å². The quantitative estimate of drug-likeness (QED) is 0.218. The first-order valence-electron chi connectivity index (χ1n) is 15.5. The topological polar surface area (TPSA) is 160 Å². The van der Waals surface area contributed by atoms with Gasteiger partial charge in [0, 0.05) is 17.2 Å². The molecular weight excluding hydrogens is 625 g/mol. The van der Waals surface area contributed by atoms with E-state index in [0.717, 1.165) is 22.3 Å². The van der Waals surface area contributed by atoms with Crippen molar-refractivity contribution in [1.29, 1.82) is 0 Å². The summed E-state index contributed by atoms with van der Waals surface area (Å²) in [5.74, 6) is -1.96. The van der Waals surface area contributed by atoms with Crippen LogP contribution in [0.2, 0.25) is 0 Å². The molecule has 0 bridgehead atoms. The van der Waals surface area contributed by atoms with Gasteiger partial charge < -0.3 is 31.5 Å². The lowest BCUT2D eigenvalue weighted by atomic mass is 9.92. The molecule has 4 atom stereocenters. The summed E-state index contributed by atoms with van der Waals surface area (Å²) < 4.78 is 3.39. The van der Waals surface area contributed by atoms with Crippen LogP contribution in [0.1, 0.15) is 62.8 Å². The standard InChI is InChI=1S/C34H48N4O6S2/c1-20-16-24(39)17-21(2)25(20)19-26(35)30(41)37-27-31(42)36-15-11-14-23(18-22-12-9-8-10-13-22)29(40)38-28(32(43)44-7)34(5,6)46-45-33(27,3)4/h8-10,12-13,16-17,23,26-28,39H,11,14-15,18-19,35H2,1-7H3,(H,36,42)(H,37,41)(H,38,40)/t23-,26+,27+,28?/m1/s1. The van der Waals surface area contributed by atoms with Gasteiger partial charge in [-0.2, -0.15) is 0 Å². The Bertz CT molecular complexity index is 1380. The number of hydrogen-bond acceptors (Lipinski definition) is 9. The number of ether oxygens (including phenoxy) is 1. The molecule has 3 amide bonds. The molecule has 2 aromatic rings. The highest BCUT2D eigenvalue weighted by molar-refractivity contribution is 8.77. The van der Waals surface area contributed by atoms with E-state index in [4.69, 9.17) is 10.5 Å². The summed E-state index contributed by atoms with van der Waals surface area (Å²) >= 11 is 0. The number of methoxy groups -OCH3 is 1. The smallest absolute Gasteiger partial charge is 0.329 e. The van der Waals surface area contributed by atoms with Crippen LogP contribution in [0.5, 0.6) is 5.75 Å². The SMILES string of the molecule is COC(=O)C1NC(=O)[C@@H](Cc2ccccc2)CCCNC(=O)[C@H](NC(=O)[C@@H](N)Cc2c(C)cc(O)cc2C)C(C)(C)SSC1(C)C. The van der Waals surface area contributed by atoms with Crippen molar-refractivity contribution in [3.8, 4) is 5.75 Å². The van der Waals surface area contributed by atoms with Crippen LogP contribution in [0, 0.1) is 19.8 Å². The van der Waals surface area contributed by atoms with E-state index in [1.807, 2.05) is 71.9 Å². The number of nitrogens with one attached hydrogen (secondary N) is 3. The van der Waals surface area contributed by atoms with Crippen LogP contribution in [-0.2, 0) is 36.8 Å². The highest BCUT2D eigenvalue weighted by atomic mass is 33.1. The number of phenolic OH excluding ortho intramolecular Hbond substituents is 1. The zero-order chi connectivity index (χ0) is 34.2. The number of aryl methyl sites for hydroxylation is 2. The van der Waals surface area contributed by atoms with Gasteiger partial charge in [-0.3, -0.25) is 14.4 Å². The van der Waals surface area contributed by atoms with E-state index in [0.29, 0.717) is 25.8 Å². The lowest BCUT2D eigenvalue weighted by Crippen LogP contribution is -2.60. The number of rotatable bonds is 7. The molecule has 1 unspecified atom stereocenters. The maximum absolute atomic E-state index is 13.7. The summed E-state index contributed by atoms with van der Waals surface area (Å²) in [6.45, 7) is 11.4. The average molecular weight is 673 g/mol. The largest absolute Gasteiger partial charge is 0.508 e. The molecule has 12 heteroatoms. The molecule has 1 heterocycles. The number of hydrogen-bond donors (Lipinski definition) is 5. The number of aromatic hydroxyl groups is 1. The Balaban J connectivity index is 1.88. The molecule has 0 spiro atoms. The molecule has 252 valence electrons. The maximum atomic E-state index is 13.7. The Kier molecular flexibility index (Phi) is 13.0. The fourth-order valence-corrected chi connectivity index (χ4v) is 8.31. The number of phenols is 1. The predicted octanol–water partition coefficient (Wildman–Crippen LogP) is 3.73. The lowest BCUT2D eigenvalue weighted by molar-refractivity contribution is -0.146. The van der Waals surface area contributed by atoms with Crippen LogP contribution in [0.15, 0.2) is 42.5 Å². The molecule has 1 aliphatic heterocycles. The van der Waals surface area contributed by atoms with Crippen molar-refractivity contribution in [3.63, 3.8) is 0 Å².